The Balaban J connectivity index is 2.30. The van der Waals surface area contributed by atoms with Crippen molar-refractivity contribution in [2.24, 2.45) is 0 Å². The van der Waals surface area contributed by atoms with E-state index in [1.807, 2.05) is 19.9 Å². The number of aliphatic carboxylic acids is 1. The predicted octanol–water partition coefficient (Wildman–Crippen LogP) is 1.32. The Morgan fingerprint density at radius 1 is 1.20 bits per heavy atom. The van der Waals surface area contributed by atoms with Crippen molar-refractivity contribution >= 4 is 11.9 Å². The smallest absolute Gasteiger partial charge is 0.326 e. The first-order valence-electron chi connectivity index (χ1n) is 8.15. The molecular weight excluding hydrogens is 322 g/mol. The lowest BCUT2D eigenvalue weighted by Crippen LogP contribution is -2.44. The zero-order chi connectivity index (χ0) is 18.4. The van der Waals surface area contributed by atoms with E-state index in [1.165, 1.54) is 0 Å². The molecule has 0 aliphatic heterocycles. The lowest BCUT2D eigenvalue weighted by molar-refractivity contribution is -0.139. The maximum absolute atomic E-state index is 12.6. The first-order valence-corrected chi connectivity index (χ1v) is 8.15. The molecule has 2 aromatic rings. The number of carboxylic acids is 1. The van der Waals surface area contributed by atoms with Crippen LogP contribution in [-0.2, 0) is 24.1 Å². The lowest BCUT2D eigenvalue weighted by atomic mass is 10.0. The molecule has 0 spiro atoms. The number of benzene rings is 1. The fourth-order valence-electron chi connectivity index (χ4n) is 2.72. The normalized spacial score (nSPS) is 11.8. The van der Waals surface area contributed by atoms with Crippen LogP contribution in [-0.4, -0.2) is 33.2 Å². The third-order valence-electron chi connectivity index (χ3n) is 3.97. The van der Waals surface area contributed by atoms with E-state index >= 15 is 0 Å². The van der Waals surface area contributed by atoms with Gasteiger partial charge in [0.1, 0.15) is 11.6 Å². The van der Waals surface area contributed by atoms with Gasteiger partial charge in [-0.2, -0.15) is 5.10 Å². The van der Waals surface area contributed by atoms with E-state index in [0.29, 0.717) is 24.1 Å². The van der Waals surface area contributed by atoms with Gasteiger partial charge in [-0.3, -0.25) is 9.59 Å². The zero-order valence-electron chi connectivity index (χ0n) is 14.2. The van der Waals surface area contributed by atoms with Crippen LogP contribution < -0.4 is 10.9 Å². The Kier molecular flexibility index (Phi) is 6.05. The number of hydrogen-bond acceptors (Lipinski definition) is 4. The standard InChI is InChI=1S/C18H21N3O4/c1-3-12-13(4-2)20-21-17(23)15(12)16(22)19-14(18(24)25)10-11-8-6-5-7-9-11/h5-9,14H,3-4,10H2,1-2H3,(H,19,22)(H,21,23)(H,24,25). The summed E-state index contributed by atoms with van der Waals surface area (Å²) in [7, 11) is 0. The minimum absolute atomic E-state index is 0.0614. The van der Waals surface area contributed by atoms with E-state index < -0.39 is 23.5 Å². The maximum atomic E-state index is 12.6. The first kappa shape index (κ1) is 18.4. The van der Waals surface area contributed by atoms with Crippen LogP contribution in [0.15, 0.2) is 35.1 Å². The summed E-state index contributed by atoms with van der Waals surface area (Å²) in [5.74, 6) is -1.85. The van der Waals surface area contributed by atoms with Gasteiger partial charge >= 0.3 is 5.97 Å². The van der Waals surface area contributed by atoms with Gasteiger partial charge in [0, 0.05) is 6.42 Å². The van der Waals surface area contributed by atoms with Gasteiger partial charge < -0.3 is 10.4 Å². The van der Waals surface area contributed by atoms with Crippen molar-refractivity contribution in [3.8, 4) is 0 Å². The van der Waals surface area contributed by atoms with Crippen molar-refractivity contribution in [3.63, 3.8) is 0 Å². The highest BCUT2D eigenvalue weighted by Gasteiger charge is 2.25. The van der Waals surface area contributed by atoms with Crippen molar-refractivity contribution in [2.45, 2.75) is 39.2 Å². The second-order valence-corrected chi connectivity index (χ2v) is 5.61. The summed E-state index contributed by atoms with van der Waals surface area (Å²) < 4.78 is 0. The second kappa shape index (κ2) is 8.23. The van der Waals surface area contributed by atoms with Crippen LogP contribution in [0.3, 0.4) is 0 Å². The minimum atomic E-state index is -1.16. The second-order valence-electron chi connectivity index (χ2n) is 5.61. The summed E-state index contributed by atoms with van der Waals surface area (Å²) in [6, 6.07) is 7.87. The molecule has 0 radical (unpaired) electrons. The molecule has 3 N–H and O–H groups in total. The van der Waals surface area contributed by atoms with E-state index in [9.17, 15) is 19.5 Å². The Hall–Kier alpha value is -2.96. The summed E-state index contributed by atoms with van der Waals surface area (Å²) >= 11 is 0. The van der Waals surface area contributed by atoms with Crippen LogP contribution in [0, 0.1) is 0 Å². The number of aryl methyl sites for hydroxylation is 1. The molecule has 132 valence electrons. The Morgan fingerprint density at radius 3 is 2.44 bits per heavy atom. The average molecular weight is 343 g/mol. The number of aromatic nitrogens is 2. The van der Waals surface area contributed by atoms with Crippen molar-refractivity contribution in [3.05, 3.63) is 63.1 Å². The summed E-state index contributed by atoms with van der Waals surface area (Å²) in [4.78, 5) is 36.2. The zero-order valence-corrected chi connectivity index (χ0v) is 14.2. The number of amides is 1. The highest BCUT2D eigenvalue weighted by atomic mass is 16.4. The number of H-pyrrole nitrogens is 1. The number of aromatic amines is 1. The van der Waals surface area contributed by atoms with Gasteiger partial charge in [-0.15, -0.1) is 0 Å². The van der Waals surface area contributed by atoms with Crippen molar-refractivity contribution in [2.75, 3.05) is 0 Å². The lowest BCUT2D eigenvalue weighted by Gasteiger charge is -2.16. The molecule has 1 amide bonds. The van der Waals surface area contributed by atoms with Crippen LogP contribution >= 0.6 is 0 Å². The van der Waals surface area contributed by atoms with Gasteiger partial charge in [0.25, 0.3) is 11.5 Å². The van der Waals surface area contributed by atoms with E-state index in [-0.39, 0.29) is 12.0 Å². The van der Waals surface area contributed by atoms with Crippen molar-refractivity contribution < 1.29 is 14.7 Å². The molecule has 7 heteroatoms. The summed E-state index contributed by atoms with van der Waals surface area (Å²) in [6.07, 6.45) is 1.15. The highest BCUT2D eigenvalue weighted by Crippen LogP contribution is 2.11. The minimum Gasteiger partial charge on any atom is -0.480 e. The van der Waals surface area contributed by atoms with E-state index in [0.717, 1.165) is 5.56 Å². The molecule has 0 fully saturated rings. The van der Waals surface area contributed by atoms with Gasteiger partial charge in [-0.05, 0) is 24.0 Å². The number of rotatable bonds is 7. The van der Waals surface area contributed by atoms with Crippen molar-refractivity contribution in [1.29, 1.82) is 0 Å². The highest BCUT2D eigenvalue weighted by molar-refractivity contribution is 5.97. The monoisotopic (exact) mass is 343 g/mol. The number of carbonyl (C=O) groups excluding carboxylic acids is 1. The number of nitrogens with one attached hydrogen (secondary N) is 2. The number of hydrogen-bond donors (Lipinski definition) is 3. The summed E-state index contributed by atoms with van der Waals surface area (Å²) in [5.41, 5.74) is 1.28. The van der Waals surface area contributed by atoms with Gasteiger partial charge in [0.05, 0.1) is 5.69 Å². The molecule has 1 unspecified atom stereocenters. The first-order chi connectivity index (χ1) is 12.0. The molecule has 2 rings (SSSR count). The average Bonchev–Trinajstić information content (AvgIpc) is 2.61. The number of carboxylic acid groups (broad SMARTS) is 1. The van der Waals surface area contributed by atoms with Crippen molar-refractivity contribution in [1.82, 2.24) is 15.5 Å². The molecule has 7 nitrogen and oxygen atoms in total. The fourth-order valence-corrected chi connectivity index (χ4v) is 2.72. The molecule has 0 aliphatic carbocycles. The molecule has 0 aliphatic rings. The molecule has 0 bridgehead atoms. The molecule has 1 atom stereocenters. The quantitative estimate of drug-likeness (QED) is 0.702. The molecule has 1 heterocycles. The topological polar surface area (TPSA) is 112 Å². The van der Waals surface area contributed by atoms with Gasteiger partial charge in [0.2, 0.25) is 0 Å². The van der Waals surface area contributed by atoms with Crippen LogP contribution in [0.25, 0.3) is 0 Å². The maximum Gasteiger partial charge on any atom is 0.326 e. The fraction of sp³-hybridized carbons (Fsp3) is 0.333. The van der Waals surface area contributed by atoms with E-state index in [2.05, 4.69) is 15.5 Å². The molecule has 1 aromatic carbocycles. The molecule has 25 heavy (non-hydrogen) atoms. The predicted molar refractivity (Wildman–Crippen MR) is 92.6 cm³/mol. The Morgan fingerprint density at radius 2 is 1.88 bits per heavy atom. The molecule has 0 saturated heterocycles. The third kappa shape index (κ3) is 4.32. The SMILES string of the molecule is CCc1n[nH]c(=O)c(C(=O)NC(Cc2ccccc2)C(=O)O)c1CC. The van der Waals surface area contributed by atoms with Crippen LogP contribution in [0.4, 0.5) is 0 Å². The Labute approximate surface area is 145 Å². The number of nitrogens with zero attached hydrogens (tertiary/aromatic N) is 1. The molecule has 0 saturated carbocycles. The number of carbonyl (C=O) groups is 2. The molecule has 1 aromatic heterocycles. The van der Waals surface area contributed by atoms with Crippen LogP contribution in [0.1, 0.15) is 41.0 Å². The van der Waals surface area contributed by atoms with Gasteiger partial charge in [-0.1, -0.05) is 44.2 Å². The van der Waals surface area contributed by atoms with Gasteiger partial charge in [-0.25, -0.2) is 9.89 Å². The van der Waals surface area contributed by atoms with Crippen LogP contribution in [0.5, 0.6) is 0 Å². The van der Waals surface area contributed by atoms with E-state index in [4.69, 9.17) is 0 Å². The van der Waals surface area contributed by atoms with Gasteiger partial charge in [0.15, 0.2) is 0 Å². The summed E-state index contributed by atoms with van der Waals surface area (Å²) in [6.45, 7) is 3.70. The summed E-state index contributed by atoms with van der Waals surface area (Å²) in [5, 5.41) is 18.1. The Bertz CT molecular complexity index is 815. The van der Waals surface area contributed by atoms with E-state index in [1.54, 1.807) is 24.3 Å². The van der Waals surface area contributed by atoms with Crippen LogP contribution in [0.2, 0.25) is 0 Å². The third-order valence-corrected chi connectivity index (χ3v) is 3.97. The molecular formula is C18H21N3O4. The largest absolute Gasteiger partial charge is 0.480 e.